The Morgan fingerprint density at radius 3 is 2.60 bits per heavy atom. The van der Waals surface area contributed by atoms with E-state index in [1.54, 1.807) is 0 Å². The van der Waals surface area contributed by atoms with Crippen molar-refractivity contribution >= 4 is 0 Å². The molecule has 0 aliphatic heterocycles. The summed E-state index contributed by atoms with van der Waals surface area (Å²) in [6, 6.07) is 0. The van der Waals surface area contributed by atoms with Gasteiger partial charge in [0.1, 0.15) is 0 Å². The van der Waals surface area contributed by atoms with Crippen molar-refractivity contribution in [3.63, 3.8) is 0 Å². The fourth-order valence-electron chi connectivity index (χ4n) is 5.27. The third-order valence-electron chi connectivity index (χ3n) is 5.87. The maximum absolute atomic E-state index is 6.00. The summed E-state index contributed by atoms with van der Waals surface area (Å²) in [6.45, 7) is 4.71. The van der Waals surface area contributed by atoms with Crippen molar-refractivity contribution in [2.75, 3.05) is 7.11 Å². The van der Waals surface area contributed by atoms with Gasteiger partial charge in [-0.25, -0.2) is 0 Å². The fourth-order valence-corrected chi connectivity index (χ4v) is 5.27. The van der Waals surface area contributed by atoms with Gasteiger partial charge in [-0.2, -0.15) is 0 Å². The zero-order valence-electron chi connectivity index (χ0n) is 10.3. The Labute approximate surface area is 93.6 Å². The molecule has 0 spiro atoms. The molecule has 0 amide bonds. The van der Waals surface area contributed by atoms with Gasteiger partial charge >= 0.3 is 0 Å². The van der Waals surface area contributed by atoms with E-state index >= 15 is 0 Å². The number of rotatable bonds is 2. The van der Waals surface area contributed by atoms with E-state index in [2.05, 4.69) is 13.8 Å². The Morgan fingerprint density at radius 1 is 1.20 bits per heavy atom. The van der Waals surface area contributed by atoms with Crippen molar-refractivity contribution < 1.29 is 4.74 Å². The zero-order valence-corrected chi connectivity index (χ0v) is 10.3. The molecule has 3 fully saturated rings. The first-order valence-corrected chi connectivity index (χ1v) is 6.74. The normalized spacial score (nSPS) is 52.8. The molecule has 3 rings (SSSR count). The van der Waals surface area contributed by atoms with E-state index < -0.39 is 0 Å². The Balaban J connectivity index is 1.91. The Morgan fingerprint density at radius 2 is 1.93 bits per heavy atom. The van der Waals surface area contributed by atoms with Crippen LogP contribution in [0.1, 0.15) is 46.0 Å². The van der Waals surface area contributed by atoms with Crippen molar-refractivity contribution in [2.45, 2.75) is 51.6 Å². The summed E-state index contributed by atoms with van der Waals surface area (Å²) in [4.78, 5) is 0. The highest BCUT2D eigenvalue weighted by molar-refractivity contribution is 5.11. The van der Waals surface area contributed by atoms with Gasteiger partial charge in [-0.1, -0.05) is 20.3 Å². The van der Waals surface area contributed by atoms with Gasteiger partial charge in [0.25, 0.3) is 0 Å². The molecular formula is C14H24O. The van der Waals surface area contributed by atoms with Crippen molar-refractivity contribution in [1.29, 1.82) is 0 Å². The monoisotopic (exact) mass is 208 g/mol. The molecule has 0 heterocycles. The largest absolute Gasteiger partial charge is 0.378 e. The smallest absolute Gasteiger partial charge is 0.0735 e. The minimum Gasteiger partial charge on any atom is -0.378 e. The van der Waals surface area contributed by atoms with E-state index in [1.165, 1.54) is 32.1 Å². The second-order valence-electron chi connectivity index (χ2n) is 6.38. The van der Waals surface area contributed by atoms with Crippen LogP contribution in [0.4, 0.5) is 0 Å². The summed E-state index contributed by atoms with van der Waals surface area (Å²) in [5.74, 6) is 4.69. The topological polar surface area (TPSA) is 9.23 Å². The van der Waals surface area contributed by atoms with E-state index in [0.29, 0.717) is 5.92 Å². The first-order valence-electron chi connectivity index (χ1n) is 6.74. The van der Waals surface area contributed by atoms with Crippen molar-refractivity contribution in [3.8, 4) is 0 Å². The molecule has 0 aromatic heterocycles. The maximum Gasteiger partial charge on any atom is 0.0735 e. The van der Waals surface area contributed by atoms with Gasteiger partial charge in [-0.05, 0) is 55.3 Å². The quantitative estimate of drug-likeness (QED) is 0.675. The third kappa shape index (κ3) is 1.13. The Hall–Kier alpha value is -0.0400. The van der Waals surface area contributed by atoms with E-state index in [4.69, 9.17) is 4.74 Å². The molecule has 1 heteroatoms. The average Bonchev–Trinajstić information content (AvgIpc) is 2.88. The minimum atomic E-state index is 0.246. The highest BCUT2D eigenvalue weighted by Gasteiger charge is 2.62. The van der Waals surface area contributed by atoms with Crippen LogP contribution in [-0.2, 0) is 4.74 Å². The van der Waals surface area contributed by atoms with Gasteiger partial charge in [0.15, 0.2) is 0 Å². The van der Waals surface area contributed by atoms with Crippen molar-refractivity contribution in [1.82, 2.24) is 0 Å². The second kappa shape index (κ2) is 3.23. The first kappa shape index (κ1) is 10.1. The van der Waals surface area contributed by atoms with E-state index in [-0.39, 0.29) is 5.60 Å². The standard InChI is InChI=1S/C14H24O/c1-9(2)14(15-3)8-10-7-13(14)12-6-4-5-11(10)12/h9-13H,4-8H2,1-3H3. The van der Waals surface area contributed by atoms with Crippen LogP contribution in [0, 0.1) is 29.6 Å². The molecule has 0 radical (unpaired) electrons. The van der Waals surface area contributed by atoms with E-state index in [1.807, 2.05) is 7.11 Å². The van der Waals surface area contributed by atoms with E-state index in [9.17, 15) is 0 Å². The van der Waals surface area contributed by atoms with Gasteiger partial charge in [-0.15, -0.1) is 0 Å². The summed E-state index contributed by atoms with van der Waals surface area (Å²) in [5, 5.41) is 0. The van der Waals surface area contributed by atoms with Crippen LogP contribution in [0.25, 0.3) is 0 Å². The molecule has 0 aromatic carbocycles. The lowest BCUT2D eigenvalue weighted by atomic mass is 9.68. The van der Waals surface area contributed by atoms with Crippen LogP contribution in [-0.4, -0.2) is 12.7 Å². The van der Waals surface area contributed by atoms with Crippen LogP contribution < -0.4 is 0 Å². The molecule has 86 valence electrons. The molecule has 0 saturated heterocycles. The number of hydrogen-bond donors (Lipinski definition) is 0. The van der Waals surface area contributed by atoms with E-state index in [0.717, 1.165) is 23.7 Å². The van der Waals surface area contributed by atoms with Gasteiger partial charge in [-0.3, -0.25) is 0 Å². The molecule has 3 aliphatic carbocycles. The summed E-state index contributed by atoms with van der Waals surface area (Å²) in [6.07, 6.45) is 7.32. The fraction of sp³-hybridized carbons (Fsp3) is 1.00. The highest BCUT2D eigenvalue weighted by Crippen LogP contribution is 2.64. The third-order valence-corrected chi connectivity index (χ3v) is 5.87. The first-order chi connectivity index (χ1) is 7.19. The molecule has 5 atom stereocenters. The lowest BCUT2D eigenvalue weighted by molar-refractivity contribution is -0.111. The molecule has 3 saturated carbocycles. The Bertz CT molecular complexity index is 260. The van der Waals surface area contributed by atoms with Crippen LogP contribution in [0.3, 0.4) is 0 Å². The van der Waals surface area contributed by atoms with Gasteiger partial charge in [0.05, 0.1) is 5.60 Å². The highest BCUT2D eigenvalue weighted by atomic mass is 16.5. The predicted octanol–water partition coefficient (Wildman–Crippen LogP) is 3.48. The van der Waals surface area contributed by atoms with Crippen LogP contribution in [0.5, 0.6) is 0 Å². The molecule has 0 aromatic rings. The summed E-state index contributed by atoms with van der Waals surface area (Å²) in [7, 11) is 1.95. The van der Waals surface area contributed by atoms with Crippen molar-refractivity contribution in [3.05, 3.63) is 0 Å². The van der Waals surface area contributed by atoms with Gasteiger partial charge in [0.2, 0.25) is 0 Å². The zero-order chi connectivity index (χ0) is 10.6. The van der Waals surface area contributed by atoms with Crippen LogP contribution in [0.15, 0.2) is 0 Å². The molecule has 5 unspecified atom stereocenters. The second-order valence-corrected chi connectivity index (χ2v) is 6.38. The van der Waals surface area contributed by atoms with Crippen LogP contribution in [0.2, 0.25) is 0 Å². The molecule has 1 nitrogen and oxygen atoms in total. The SMILES string of the molecule is COC1(C(C)C)CC2CC1C1CCCC21. The molecular weight excluding hydrogens is 184 g/mol. The molecule has 15 heavy (non-hydrogen) atoms. The molecule has 2 bridgehead atoms. The van der Waals surface area contributed by atoms with Gasteiger partial charge in [0, 0.05) is 7.11 Å². The molecule has 0 N–H and O–H groups in total. The number of ether oxygens (including phenoxy) is 1. The molecule has 3 aliphatic rings. The van der Waals surface area contributed by atoms with Gasteiger partial charge < -0.3 is 4.74 Å². The summed E-state index contributed by atoms with van der Waals surface area (Å²) in [5.41, 5.74) is 0.246. The lowest BCUT2D eigenvalue weighted by Crippen LogP contribution is -2.47. The minimum absolute atomic E-state index is 0.246. The number of hydrogen-bond acceptors (Lipinski definition) is 1. The summed E-state index contributed by atoms with van der Waals surface area (Å²) >= 11 is 0. The lowest BCUT2D eigenvalue weighted by Gasteiger charge is -2.44. The number of methoxy groups -OCH3 is 1. The average molecular weight is 208 g/mol. The Kier molecular flexibility index (Phi) is 2.18. The van der Waals surface area contributed by atoms with Crippen LogP contribution >= 0.6 is 0 Å². The van der Waals surface area contributed by atoms with Crippen molar-refractivity contribution in [2.24, 2.45) is 29.6 Å². The maximum atomic E-state index is 6.00. The summed E-state index contributed by atoms with van der Waals surface area (Å²) < 4.78 is 6.00. The number of fused-ring (bicyclic) bond motifs is 5. The predicted molar refractivity (Wildman–Crippen MR) is 61.6 cm³/mol.